The molecule has 0 heterocycles. The van der Waals surface area contributed by atoms with Gasteiger partial charge in [0, 0.05) is 5.02 Å². The van der Waals surface area contributed by atoms with E-state index >= 15 is 0 Å². The van der Waals surface area contributed by atoms with Crippen LogP contribution in [-0.4, -0.2) is 21.3 Å². The molecule has 0 saturated heterocycles. The number of hydrogen-bond donors (Lipinski definition) is 1. The molecule has 0 unspecified atom stereocenters. The lowest BCUT2D eigenvalue weighted by molar-refractivity contribution is 0.414. The zero-order valence-electron chi connectivity index (χ0n) is 9.46. The average molecular weight is 343 g/mol. The van der Waals surface area contributed by atoms with Crippen LogP contribution in [-0.2, 0) is 10.0 Å². The maximum Gasteiger partial charge on any atom is 0.232 e. The van der Waals surface area contributed by atoms with E-state index < -0.39 is 10.0 Å². The fourth-order valence-electron chi connectivity index (χ4n) is 1.33. The predicted molar refractivity (Wildman–Crippen MR) is 73.4 cm³/mol. The highest BCUT2D eigenvalue weighted by molar-refractivity contribution is 9.10. The minimum atomic E-state index is -3.36. The minimum Gasteiger partial charge on any atom is -0.493 e. The number of rotatable bonds is 5. The molecule has 0 bridgehead atoms. The van der Waals surface area contributed by atoms with E-state index in [-0.39, 0.29) is 5.75 Å². The lowest BCUT2D eigenvalue weighted by Gasteiger charge is -2.13. The number of sulfonamides is 1. The Kier molecular flexibility index (Phi) is 5.09. The zero-order valence-corrected chi connectivity index (χ0v) is 12.6. The molecule has 0 radical (unpaired) electrons. The molecule has 1 aromatic rings. The molecule has 1 N–H and O–H groups in total. The van der Waals surface area contributed by atoms with Gasteiger partial charge in [-0.15, -0.1) is 0 Å². The molecule has 7 heteroatoms. The Morgan fingerprint density at radius 1 is 1.47 bits per heavy atom. The van der Waals surface area contributed by atoms with Gasteiger partial charge in [0.1, 0.15) is 0 Å². The van der Waals surface area contributed by atoms with Gasteiger partial charge in [-0.25, -0.2) is 8.42 Å². The number of methoxy groups -OCH3 is 1. The van der Waals surface area contributed by atoms with E-state index in [4.69, 9.17) is 16.3 Å². The Balaban J connectivity index is 3.14. The smallest absolute Gasteiger partial charge is 0.232 e. The molecule has 0 aromatic heterocycles. The van der Waals surface area contributed by atoms with E-state index in [1.54, 1.807) is 13.0 Å². The second-order valence-electron chi connectivity index (χ2n) is 3.39. The summed E-state index contributed by atoms with van der Waals surface area (Å²) in [6, 6.07) is 3.15. The van der Waals surface area contributed by atoms with Crippen molar-refractivity contribution in [3.05, 3.63) is 21.6 Å². The SMILES string of the molecule is CCCS(=O)(=O)Nc1cc(Cl)cc(Br)c1OC. The second kappa shape index (κ2) is 5.93. The average Bonchev–Trinajstić information content (AvgIpc) is 2.15. The Morgan fingerprint density at radius 2 is 2.12 bits per heavy atom. The van der Waals surface area contributed by atoms with Gasteiger partial charge in [-0.1, -0.05) is 18.5 Å². The van der Waals surface area contributed by atoms with Gasteiger partial charge in [-0.3, -0.25) is 4.72 Å². The summed E-state index contributed by atoms with van der Waals surface area (Å²) in [4.78, 5) is 0. The molecule has 1 rings (SSSR count). The predicted octanol–water partition coefficient (Wildman–Crippen LogP) is 3.26. The fourth-order valence-corrected chi connectivity index (χ4v) is 3.43. The standard InChI is InChI=1S/C10H13BrClNO3S/c1-3-4-17(14,15)13-9-6-7(12)5-8(11)10(9)16-2/h5-6,13H,3-4H2,1-2H3. The highest BCUT2D eigenvalue weighted by Gasteiger charge is 2.15. The second-order valence-corrected chi connectivity index (χ2v) is 6.52. The largest absolute Gasteiger partial charge is 0.493 e. The van der Waals surface area contributed by atoms with Gasteiger partial charge in [0.15, 0.2) is 5.75 Å². The zero-order chi connectivity index (χ0) is 13.1. The summed E-state index contributed by atoms with van der Waals surface area (Å²) in [6.45, 7) is 1.80. The van der Waals surface area contributed by atoms with Gasteiger partial charge in [0.25, 0.3) is 0 Å². The van der Waals surface area contributed by atoms with Crippen LogP contribution in [0.3, 0.4) is 0 Å². The number of anilines is 1. The van der Waals surface area contributed by atoms with E-state index in [9.17, 15) is 8.42 Å². The third kappa shape index (κ3) is 4.04. The van der Waals surface area contributed by atoms with E-state index in [0.717, 1.165) is 0 Å². The fraction of sp³-hybridized carbons (Fsp3) is 0.400. The van der Waals surface area contributed by atoms with Crippen molar-refractivity contribution in [1.82, 2.24) is 0 Å². The van der Waals surface area contributed by atoms with Gasteiger partial charge in [-0.2, -0.15) is 0 Å². The molecular weight excluding hydrogens is 330 g/mol. The summed E-state index contributed by atoms with van der Waals surface area (Å²) in [5.74, 6) is 0.467. The number of benzene rings is 1. The van der Waals surface area contributed by atoms with Crippen molar-refractivity contribution >= 4 is 43.2 Å². The summed E-state index contributed by atoms with van der Waals surface area (Å²) in [6.07, 6.45) is 0.541. The topological polar surface area (TPSA) is 55.4 Å². The molecule has 0 fully saturated rings. The van der Waals surface area contributed by atoms with Crippen LogP contribution in [0.2, 0.25) is 5.02 Å². The molecular formula is C10H13BrClNO3S. The monoisotopic (exact) mass is 341 g/mol. The van der Waals surface area contributed by atoms with Gasteiger partial charge in [0.2, 0.25) is 10.0 Å². The highest BCUT2D eigenvalue weighted by atomic mass is 79.9. The molecule has 17 heavy (non-hydrogen) atoms. The Labute approximate surface area is 114 Å². The summed E-state index contributed by atoms with van der Waals surface area (Å²) < 4.78 is 31.5. The third-order valence-corrected chi connectivity index (χ3v) is 4.23. The highest BCUT2D eigenvalue weighted by Crippen LogP contribution is 2.36. The van der Waals surface area contributed by atoms with Crippen molar-refractivity contribution in [2.75, 3.05) is 17.6 Å². The summed E-state index contributed by atoms with van der Waals surface area (Å²) in [5.41, 5.74) is 0.334. The van der Waals surface area contributed by atoms with Gasteiger partial charge in [-0.05, 0) is 34.5 Å². The number of nitrogens with one attached hydrogen (secondary N) is 1. The molecule has 96 valence electrons. The van der Waals surface area contributed by atoms with Gasteiger partial charge in [0.05, 0.1) is 23.0 Å². The summed E-state index contributed by atoms with van der Waals surface area (Å²) in [7, 11) is -1.90. The van der Waals surface area contributed by atoms with Crippen LogP contribution >= 0.6 is 27.5 Å². The number of hydrogen-bond acceptors (Lipinski definition) is 3. The molecule has 0 spiro atoms. The Hall–Kier alpha value is -0.460. The van der Waals surface area contributed by atoms with E-state index in [0.29, 0.717) is 27.4 Å². The first-order valence-corrected chi connectivity index (χ1v) is 7.75. The first kappa shape index (κ1) is 14.6. The van der Waals surface area contributed by atoms with Crippen molar-refractivity contribution in [1.29, 1.82) is 0 Å². The van der Waals surface area contributed by atoms with Crippen molar-refractivity contribution < 1.29 is 13.2 Å². The Morgan fingerprint density at radius 3 is 2.65 bits per heavy atom. The van der Waals surface area contributed by atoms with Crippen LogP contribution in [0.4, 0.5) is 5.69 Å². The van der Waals surface area contributed by atoms with E-state index in [1.165, 1.54) is 13.2 Å². The van der Waals surface area contributed by atoms with Crippen molar-refractivity contribution in [3.63, 3.8) is 0 Å². The molecule has 0 aliphatic rings. The Bertz CT molecular complexity index is 505. The van der Waals surface area contributed by atoms with E-state index in [2.05, 4.69) is 20.7 Å². The molecule has 0 atom stereocenters. The maximum absolute atomic E-state index is 11.7. The van der Waals surface area contributed by atoms with Crippen LogP contribution in [0, 0.1) is 0 Å². The summed E-state index contributed by atoms with van der Waals surface area (Å²) >= 11 is 9.13. The quantitative estimate of drug-likeness (QED) is 0.893. The van der Waals surface area contributed by atoms with Gasteiger partial charge < -0.3 is 4.74 Å². The third-order valence-electron chi connectivity index (χ3n) is 1.95. The van der Waals surface area contributed by atoms with Crippen LogP contribution in [0.15, 0.2) is 16.6 Å². The normalized spacial score (nSPS) is 11.3. The molecule has 0 amide bonds. The van der Waals surface area contributed by atoms with Crippen LogP contribution in [0.25, 0.3) is 0 Å². The van der Waals surface area contributed by atoms with Crippen LogP contribution in [0.1, 0.15) is 13.3 Å². The minimum absolute atomic E-state index is 0.0558. The first-order valence-electron chi connectivity index (χ1n) is 4.93. The lowest BCUT2D eigenvalue weighted by Crippen LogP contribution is -2.16. The lowest BCUT2D eigenvalue weighted by atomic mass is 10.3. The van der Waals surface area contributed by atoms with Gasteiger partial charge >= 0.3 is 0 Å². The van der Waals surface area contributed by atoms with Crippen molar-refractivity contribution in [2.24, 2.45) is 0 Å². The first-order chi connectivity index (χ1) is 7.89. The number of halogens is 2. The maximum atomic E-state index is 11.7. The molecule has 0 aliphatic heterocycles. The van der Waals surface area contributed by atoms with Crippen molar-refractivity contribution in [3.8, 4) is 5.75 Å². The molecule has 0 saturated carbocycles. The molecule has 1 aromatic carbocycles. The molecule has 0 aliphatic carbocycles. The summed E-state index contributed by atoms with van der Waals surface area (Å²) in [5, 5.41) is 0.423. The van der Waals surface area contributed by atoms with Crippen LogP contribution in [0.5, 0.6) is 5.75 Å². The van der Waals surface area contributed by atoms with Crippen LogP contribution < -0.4 is 9.46 Å². The molecule has 4 nitrogen and oxygen atoms in total. The number of ether oxygens (including phenoxy) is 1. The van der Waals surface area contributed by atoms with E-state index in [1.807, 2.05) is 0 Å². The van der Waals surface area contributed by atoms with Crippen molar-refractivity contribution in [2.45, 2.75) is 13.3 Å².